The Hall–Kier alpha value is -1.03. The fraction of sp³-hybridized carbons (Fsp3) is 0.500. The minimum atomic E-state index is -1.25. The van der Waals surface area contributed by atoms with Crippen LogP contribution >= 0.6 is 0 Å². The Labute approximate surface area is 58.3 Å². The molecule has 0 bridgehead atoms. The zero-order chi connectivity index (χ0) is 7.56. The fourth-order valence-corrected chi connectivity index (χ4v) is 0.909. The first kappa shape index (κ1) is 7.08. The maximum atomic E-state index is 9.97. The second kappa shape index (κ2) is 2.70. The molecule has 0 unspecified atom stereocenters. The summed E-state index contributed by atoms with van der Waals surface area (Å²) < 4.78 is 4.43. The molecule has 0 saturated heterocycles. The van der Waals surface area contributed by atoms with Gasteiger partial charge in [-0.2, -0.15) is 0 Å². The molecule has 1 aliphatic carbocycles. The smallest absolute Gasteiger partial charge is 0.450 e. The molecule has 0 amide bonds. The van der Waals surface area contributed by atoms with Crippen molar-refractivity contribution in [1.82, 2.24) is 0 Å². The maximum absolute atomic E-state index is 9.97. The summed E-state index contributed by atoms with van der Waals surface area (Å²) in [6.45, 7) is 0. The van der Waals surface area contributed by atoms with Crippen LogP contribution in [0.15, 0.2) is 12.2 Å². The molecule has 0 aromatic rings. The van der Waals surface area contributed by atoms with Gasteiger partial charge in [0.25, 0.3) is 0 Å². The van der Waals surface area contributed by atoms with Gasteiger partial charge < -0.3 is 15.6 Å². The molecule has 3 N–H and O–H groups in total. The lowest BCUT2D eigenvalue weighted by molar-refractivity contribution is 0.0683. The van der Waals surface area contributed by atoms with E-state index in [9.17, 15) is 4.79 Å². The van der Waals surface area contributed by atoms with Crippen molar-refractivity contribution >= 4 is 6.16 Å². The highest BCUT2D eigenvalue weighted by molar-refractivity contribution is 5.57. The first-order chi connectivity index (χ1) is 4.68. The van der Waals surface area contributed by atoms with Crippen LogP contribution in [0.5, 0.6) is 0 Å². The third-order valence-electron chi connectivity index (χ3n) is 1.33. The van der Waals surface area contributed by atoms with Crippen LogP contribution in [0.4, 0.5) is 4.79 Å². The van der Waals surface area contributed by atoms with Gasteiger partial charge >= 0.3 is 6.16 Å². The standard InChI is InChI=1S/C6H9NO3/c7-4-1-2-5(3-4)10-6(8)9/h1-2,4-5H,3,7H2,(H,8,9)/t4-,5+/m0/s1. The molecule has 0 aromatic carbocycles. The predicted molar refractivity (Wildman–Crippen MR) is 34.6 cm³/mol. The second-order valence-electron chi connectivity index (χ2n) is 2.21. The molecule has 0 heterocycles. The van der Waals surface area contributed by atoms with Crippen molar-refractivity contribution in [3.8, 4) is 0 Å². The molecular formula is C6H9NO3. The van der Waals surface area contributed by atoms with Gasteiger partial charge in [-0.25, -0.2) is 4.79 Å². The SMILES string of the molecule is N[C@H]1C=C[C@@H](OC(=O)O)C1. The number of carbonyl (C=O) groups is 1. The van der Waals surface area contributed by atoms with Crippen LogP contribution in [-0.4, -0.2) is 23.4 Å². The third-order valence-corrected chi connectivity index (χ3v) is 1.33. The summed E-state index contributed by atoms with van der Waals surface area (Å²) in [6.07, 6.45) is 2.38. The van der Waals surface area contributed by atoms with Crippen molar-refractivity contribution in [2.45, 2.75) is 18.6 Å². The Morgan fingerprint density at radius 3 is 2.80 bits per heavy atom. The molecule has 4 heteroatoms. The van der Waals surface area contributed by atoms with Crippen LogP contribution in [0.25, 0.3) is 0 Å². The summed E-state index contributed by atoms with van der Waals surface area (Å²) in [5, 5.41) is 8.16. The van der Waals surface area contributed by atoms with Crippen LogP contribution in [0.2, 0.25) is 0 Å². The van der Waals surface area contributed by atoms with Gasteiger partial charge in [-0.05, 0) is 6.08 Å². The van der Waals surface area contributed by atoms with E-state index >= 15 is 0 Å². The average molecular weight is 143 g/mol. The molecule has 56 valence electrons. The van der Waals surface area contributed by atoms with Gasteiger partial charge in [0.1, 0.15) is 6.10 Å². The molecule has 4 nitrogen and oxygen atoms in total. The molecule has 10 heavy (non-hydrogen) atoms. The summed E-state index contributed by atoms with van der Waals surface area (Å²) in [4.78, 5) is 9.97. The van der Waals surface area contributed by atoms with E-state index in [0.717, 1.165) is 0 Å². The van der Waals surface area contributed by atoms with Crippen molar-refractivity contribution < 1.29 is 14.6 Å². The van der Waals surface area contributed by atoms with Crippen LogP contribution in [0, 0.1) is 0 Å². The van der Waals surface area contributed by atoms with Gasteiger partial charge in [0.2, 0.25) is 0 Å². The zero-order valence-corrected chi connectivity index (χ0v) is 5.36. The van der Waals surface area contributed by atoms with Crippen molar-refractivity contribution in [3.63, 3.8) is 0 Å². The van der Waals surface area contributed by atoms with Gasteiger partial charge in [-0.3, -0.25) is 0 Å². The minimum Gasteiger partial charge on any atom is -0.450 e. The molecule has 0 saturated carbocycles. The van der Waals surface area contributed by atoms with E-state index in [4.69, 9.17) is 10.8 Å². The monoisotopic (exact) mass is 143 g/mol. The topological polar surface area (TPSA) is 72.5 Å². The Kier molecular flexibility index (Phi) is 1.91. The number of rotatable bonds is 1. The average Bonchev–Trinajstić information content (AvgIpc) is 2.13. The molecule has 1 aliphatic rings. The number of ether oxygens (including phenoxy) is 1. The molecule has 0 aromatic heterocycles. The molecule has 0 fully saturated rings. The van der Waals surface area contributed by atoms with Crippen LogP contribution in [0.1, 0.15) is 6.42 Å². The van der Waals surface area contributed by atoms with Gasteiger partial charge in [0, 0.05) is 12.5 Å². The summed E-state index contributed by atoms with van der Waals surface area (Å²) in [5.74, 6) is 0. The Balaban J connectivity index is 2.33. The lowest BCUT2D eigenvalue weighted by atomic mass is 10.2. The quantitative estimate of drug-likeness (QED) is 0.410. The van der Waals surface area contributed by atoms with E-state index in [-0.39, 0.29) is 12.1 Å². The summed E-state index contributed by atoms with van der Waals surface area (Å²) in [6, 6.07) is -0.0515. The Morgan fingerprint density at radius 2 is 2.40 bits per heavy atom. The Bertz CT molecular complexity index is 166. The first-order valence-corrected chi connectivity index (χ1v) is 3.02. The lowest BCUT2D eigenvalue weighted by Gasteiger charge is -2.06. The predicted octanol–water partition coefficient (Wildman–Crippen LogP) is 0.337. The lowest BCUT2D eigenvalue weighted by Crippen LogP contribution is -2.20. The fourth-order valence-electron chi connectivity index (χ4n) is 0.909. The highest BCUT2D eigenvalue weighted by atomic mass is 16.7. The molecule has 0 spiro atoms. The maximum Gasteiger partial charge on any atom is 0.506 e. The molecule has 0 aliphatic heterocycles. The van der Waals surface area contributed by atoms with E-state index in [2.05, 4.69) is 4.74 Å². The zero-order valence-electron chi connectivity index (χ0n) is 5.36. The van der Waals surface area contributed by atoms with Crippen molar-refractivity contribution in [2.75, 3.05) is 0 Å². The van der Waals surface area contributed by atoms with Crippen molar-refractivity contribution in [2.24, 2.45) is 5.73 Å². The van der Waals surface area contributed by atoms with E-state index in [1.807, 2.05) is 0 Å². The molecule has 2 atom stereocenters. The number of hydrogen-bond donors (Lipinski definition) is 2. The van der Waals surface area contributed by atoms with E-state index < -0.39 is 6.16 Å². The number of carboxylic acid groups (broad SMARTS) is 1. The molecule has 1 rings (SSSR count). The van der Waals surface area contributed by atoms with Crippen molar-refractivity contribution in [3.05, 3.63) is 12.2 Å². The summed E-state index contributed by atoms with van der Waals surface area (Å²) in [7, 11) is 0. The minimum absolute atomic E-state index is 0.0515. The van der Waals surface area contributed by atoms with E-state index in [0.29, 0.717) is 6.42 Å². The van der Waals surface area contributed by atoms with Gasteiger partial charge in [-0.1, -0.05) is 6.08 Å². The van der Waals surface area contributed by atoms with E-state index in [1.165, 1.54) is 0 Å². The summed E-state index contributed by atoms with van der Waals surface area (Å²) >= 11 is 0. The molecular weight excluding hydrogens is 134 g/mol. The van der Waals surface area contributed by atoms with Crippen molar-refractivity contribution in [1.29, 1.82) is 0 Å². The highest BCUT2D eigenvalue weighted by Crippen LogP contribution is 2.11. The van der Waals surface area contributed by atoms with Crippen LogP contribution in [0.3, 0.4) is 0 Å². The van der Waals surface area contributed by atoms with Gasteiger partial charge in [0.15, 0.2) is 0 Å². The third kappa shape index (κ3) is 1.73. The normalized spacial score (nSPS) is 30.5. The number of hydrogen-bond acceptors (Lipinski definition) is 3. The first-order valence-electron chi connectivity index (χ1n) is 3.02. The van der Waals surface area contributed by atoms with E-state index in [1.54, 1.807) is 12.2 Å². The van der Waals surface area contributed by atoms with Crippen LogP contribution < -0.4 is 5.73 Å². The van der Waals surface area contributed by atoms with Gasteiger partial charge in [-0.15, -0.1) is 0 Å². The summed E-state index contributed by atoms with van der Waals surface area (Å²) in [5.41, 5.74) is 5.44. The highest BCUT2D eigenvalue weighted by Gasteiger charge is 2.18. The second-order valence-corrected chi connectivity index (χ2v) is 2.21. The van der Waals surface area contributed by atoms with Crippen LogP contribution in [-0.2, 0) is 4.74 Å². The molecule has 0 radical (unpaired) electrons. The van der Waals surface area contributed by atoms with Gasteiger partial charge in [0.05, 0.1) is 0 Å². The number of nitrogens with two attached hydrogens (primary N) is 1. The Morgan fingerprint density at radius 1 is 1.70 bits per heavy atom. The largest absolute Gasteiger partial charge is 0.506 e.